The number of hydrogen-bond donors (Lipinski definition) is 0. The zero-order valence-electron chi connectivity index (χ0n) is 20.8. The van der Waals surface area contributed by atoms with E-state index in [2.05, 4.69) is 9.99 Å². The third kappa shape index (κ3) is 9.64. The highest BCUT2D eigenvalue weighted by atomic mass is 19.4. The third-order valence-corrected chi connectivity index (χ3v) is 5.16. The molecule has 5 nitrogen and oxygen atoms in total. The van der Waals surface area contributed by atoms with Crippen molar-refractivity contribution in [2.45, 2.75) is 46.2 Å². The molecule has 0 bridgehead atoms. The van der Waals surface area contributed by atoms with Gasteiger partial charge in [-0.2, -0.15) is 13.2 Å². The third-order valence-electron chi connectivity index (χ3n) is 5.16. The van der Waals surface area contributed by atoms with Crippen molar-refractivity contribution in [1.82, 2.24) is 0 Å². The Labute approximate surface area is 205 Å². The molecular weight excluding hydrogens is 459 g/mol. The van der Waals surface area contributed by atoms with Crippen LogP contribution in [0.15, 0.2) is 53.7 Å². The van der Waals surface area contributed by atoms with Crippen molar-refractivity contribution in [2.24, 2.45) is 5.16 Å². The maximum absolute atomic E-state index is 13.0. The van der Waals surface area contributed by atoms with E-state index in [4.69, 9.17) is 14.2 Å². The summed E-state index contributed by atoms with van der Waals surface area (Å²) in [5, 5.41) is 3.10. The van der Waals surface area contributed by atoms with Crippen LogP contribution in [0.1, 0.15) is 42.0 Å². The van der Waals surface area contributed by atoms with Gasteiger partial charge >= 0.3 is 6.18 Å². The average molecular weight is 494 g/mol. The number of hydrogen-bond acceptors (Lipinski definition) is 5. The van der Waals surface area contributed by atoms with Crippen LogP contribution in [0, 0.1) is 13.8 Å². The topological polar surface area (TPSA) is 49.3 Å². The molecule has 35 heavy (non-hydrogen) atoms. The highest BCUT2D eigenvalue weighted by Gasteiger charge is 2.37. The molecule has 0 aliphatic heterocycles. The predicted octanol–water partition coefficient (Wildman–Crippen LogP) is 6.59. The lowest BCUT2D eigenvalue weighted by Crippen LogP contribution is -2.24. The van der Waals surface area contributed by atoms with Gasteiger partial charge in [-0.05, 0) is 68.9 Å². The normalized spacial score (nSPS) is 12.3. The fourth-order valence-electron chi connectivity index (χ4n) is 3.42. The van der Waals surface area contributed by atoms with Crippen LogP contribution in [0.4, 0.5) is 13.2 Å². The number of oxime groups is 1. The van der Waals surface area contributed by atoms with Crippen molar-refractivity contribution in [2.75, 3.05) is 33.5 Å². The molecule has 0 radical (unpaired) electrons. The Kier molecular flexibility index (Phi) is 11.6. The van der Waals surface area contributed by atoms with Crippen molar-refractivity contribution in [1.29, 1.82) is 0 Å². The fourth-order valence-corrected chi connectivity index (χ4v) is 3.42. The van der Waals surface area contributed by atoms with E-state index in [1.165, 1.54) is 12.1 Å². The molecule has 2 aromatic carbocycles. The van der Waals surface area contributed by atoms with Crippen LogP contribution in [0.3, 0.4) is 0 Å². The number of aryl methyl sites for hydroxylation is 2. The van der Waals surface area contributed by atoms with Gasteiger partial charge in [-0.15, -0.1) is 0 Å². The number of ether oxygens (including phenoxy) is 3. The first-order chi connectivity index (χ1) is 16.8. The first-order valence-corrected chi connectivity index (χ1v) is 11.6. The molecule has 0 aliphatic carbocycles. The first kappa shape index (κ1) is 28.2. The number of rotatable bonds is 14. The smallest absolute Gasteiger partial charge is 0.437 e. The fraction of sp³-hybridized carbons (Fsp3) is 0.444. The van der Waals surface area contributed by atoms with Crippen LogP contribution in [0.2, 0.25) is 0 Å². The van der Waals surface area contributed by atoms with Gasteiger partial charge in [0.05, 0.1) is 13.2 Å². The molecule has 0 saturated heterocycles. The summed E-state index contributed by atoms with van der Waals surface area (Å²) in [7, 11) is 1.09. The summed E-state index contributed by atoms with van der Waals surface area (Å²) in [6.45, 7) is 8.20. The van der Waals surface area contributed by atoms with E-state index in [0.29, 0.717) is 32.8 Å². The van der Waals surface area contributed by atoms with Crippen LogP contribution >= 0.6 is 0 Å². The highest BCUT2D eigenvalue weighted by Crippen LogP contribution is 2.29. The molecule has 8 heteroatoms. The molecule has 0 heterocycles. The largest absolute Gasteiger partial charge is 0.493 e. The van der Waals surface area contributed by atoms with Gasteiger partial charge in [0, 0.05) is 12.2 Å². The van der Waals surface area contributed by atoms with Gasteiger partial charge in [0.1, 0.15) is 25.2 Å². The van der Waals surface area contributed by atoms with Crippen LogP contribution in [0.25, 0.3) is 0 Å². The van der Waals surface area contributed by atoms with Gasteiger partial charge in [-0.25, -0.2) is 0 Å². The number of nitrogens with zero attached hydrogens (tertiary/aromatic N) is 1. The van der Waals surface area contributed by atoms with Crippen molar-refractivity contribution in [3.05, 3.63) is 70.8 Å². The molecule has 2 rings (SSSR count). The summed E-state index contributed by atoms with van der Waals surface area (Å²) in [5.74, 6) is 1.72. The molecule has 0 aliphatic rings. The van der Waals surface area contributed by atoms with Crippen molar-refractivity contribution in [3.8, 4) is 11.5 Å². The number of halogens is 3. The lowest BCUT2D eigenvalue weighted by Gasteiger charge is -2.14. The molecule has 0 fully saturated rings. The summed E-state index contributed by atoms with van der Waals surface area (Å²) in [6.07, 6.45) is 1.65. The second-order valence-electron chi connectivity index (χ2n) is 8.00. The summed E-state index contributed by atoms with van der Waals surface area (Å²) >= 11 is 0. The lowest BCUT2D eigenvalue weighted by molar-refractivity contribution is -0.0608. The molecule has 0 amide bonds. The van der Waals surface area contributed by atoms with Gasteiger partial charge in [0.25, 0.3) is 0 Å². The molecule has 0 unspecified atom stereocenters. The zero-order valence-corrected chi connectivity index (χ0v) is 20.8. The quantitative estimate of drug-likeness (QED) is 0.129. The van der Waals surface area contributed by atoms with E-state index in [-0.39, 0.29) is 5.56 Å². The van der Waals surface area contributed by atoms with Crippen LogP contribution in [0.5, 0.6) is 11.5 Å². The minimum Gasteiger partial charge on any atom is -0.493 e. The molecule has 0 N–H and O–H groups in total. The van der Waals surface area contributed by atoms with Crippen LogP contribution in [-0.2, 0) is 16.0 Å². The molecule has 0 saturated carbocycles. The Morgan fingerprint density at radius 3 is 2.20 bits per heavy atom. The summed E-state index contributed by atoms with van der Waals surface area (Å²) in [6, 6.07) is 10.0. The maximum atomic E-state index is 13.0. The Hall–Kier alpha value is -3.00. The van der Waals surface area contributed by atoms with Crippen molar-refractivity contribution in [3.63, 3.8) is 0 Å². The van der Waals surface area contributed by atoms with E-state index in [0.717, 1.165) is 48.1 Å². The summed E-state index contributed by atoms with van der Waals surface area (Å²) in [4.78, 5) is 4.32. The number of allylic oxidation sites excluding steroid dienone is 1. The van der Waals surface area contributed by atoms with E-state index in [9.17, 15) is 13.2 Å². The number of benzene rings is 2. The van der Waals surface area contributed by atoms with Crippen LogP contribution in [-0.4, -0.2) is 45.4 Å². The summed E-state index contributed by atoms with van der Waals surface area (Å²) < 4.78 is 56.4. The van der Waals surface area contributed by atoms with E-state index < -0.39 is 11.9 Å². The minimum absolute atomic E-state index is 0.0368. The number of alkyl halides is 3. The van der Waals surface area contributed by atoms with E-state index in [1.54, 1.807) is 12.1 Å². The Morgan fingerprint density at radius 1 is 0.943 bits per heavy atom. The predicted molar refractivity (Wildman–Crippen MR) is 132 cm³/mol. The Bertz CT molecular complexity index is 946. The van der Waals surface area contributed by atoms with Gasteiger partial charge in [-0.1, -0.05) is 41.6 Å². The Morgan fingerprint density at radius 2 is 1.60 bits per heavy atom. The standard InChI is InChI=1S/C27H34F3NO4/c1-5-6-15-34-24-18-20(2)25(21(3)19-24)35-16-8-7-14-33-17-13-22-9-11-23(12-10-22)26(31-32-4)27(28,29)30/h5-6,9-12,18-19H,7-8,13-17H2,1-4H3/b6-5+,31-26?. The Balaban J connectivity index is 1.67. The molecule has 2 aromatic rings. The summed E-state index contributed by atoms with van der Waals surface area (Å²) in [5.41, 5.74) is 1.88. The molecule has 192 valence electrons. The molecule has 0 atom stereocenters. The van der Waals surface area contributed by atoms with Crippen molar-refractivity contribution >= 4 is 5.71 Å². The minimum atomic E-state index is -4.58. The van der Waals surface area contributed by atoms with Gasteiger partial charge < -0.3 is 19.0 Å². The van der Waals surface area contributed by atoms with Gasteiger partial charge in [0.15, 0.2) is 5.71 Å². The van der Waals surface area contributed by atoms with Crippen molar-refractivity contribution < 1.29 is 32.2 Å². The molecular formula is C27H34F3NO4. The van der Waals surface area contributed by atoms with Gasteiger partial charge in [0.2, 0.25) is 0 Å². The number of unbranched alkanes of at least 4 members (excludes halogenated alkanes) is 1. The average Bonchev–Trinajstić information content (AvgIpc) is 2.80. The lowest BCUT2D eigenvalue weighted by atomic mass is 10.1. The zero-order chi connectivity index (χ0) is 25.7. The monoisotopic (exact) mass is 493 g/mol. The van der Waals surface area contributed by atoms with E-state index in [1.807, 2.05) is 45.1 Å². The second-order valence-corrected chi connectivity index (χ2v) is 8.00. The second kappa shape index (κ2) is 14.4. The molecule has 0 aromatic heterocycles. The SMILES string of the molecule is C/C=C/COc1cc(C)c(OCCCCOCCc2ccc(C(=NOC)C(F)(F)F)cc2)c(C)c1. The first-order valence-electron chi connectivity index (χ1n) is 11.6. The highest BCUT2D eigenvalue weighted by molar-refractivity contribution is 6.04. The van der Waals surface area contributed by atoms with Gasteiger partial charge in [-0.3, -0.25) is 0 Å². The van der Waals surface area contributed by atoms with E-state index >= 15 is 0 Å². The van der Waals surface area contributed by atoms with Crippen LogP contribution < -0.4 is 9.47 Å². The molecule has 0 spiro atoms. The maximum Gasteiger partial charge on any atom is 0.437 e.